The lowest BCUT2D eigenvalue weighted by molar-refractivity contribution is 0.0488. The Kier molecular flexibility index (Phi) is 3.61. The molecule has 3 nitrogen and oxygen atoms in total. The van der Waals surface area contributed by atoms with E-state index in [2.05, 4.69) is 0 Å². The summed E-state index contributed by atoms with van der Waals surface area (Å²) in [5.74, 6) is -0.293. The zero-order valence-electron chi connectivity index (χ0n) is 9.03. The van der Waals surface area contributed by atoms with Crippen LogP contribution in [0.2, 0.25) is 0 Å². The Hall–Kier alpha value is -1.19. The van der Waals surface area contributed by atoms with Crippen LogP contribution in [0.3, 0.4) is 0 Å². The van der Waals surface area contributed by atoms with Gasteiger partial charge in [-0.15, -0.1) is 0 Å². The van der Waals surface area contributed by atoms with Gasteiger partial charge in [-0.05, 0) is 25.8 Å². The van der Waals surface area contributed by atoms with Gasteiger partial charge in [-0.1, -0.05) is 24.3 Å². The summed E-state index contributed by atoms with van der Waals surface area (Å²) < 4.78 is 0. The standard InChI is InChI=1S/C12H16O3/c1-12(2,15)11(14)10-5-3-9(4-6-10)7-8-13/h3-6,13,15H,7-8H2,1-2H3. The van der Waals surface area contributed by atoms with Crippen LogP contribution in [0.15, 0.2) is 24.3 Å². The van der Waals surface area contributed by atoms with Gasteiger partial charge in [0, 0.05) is 12.2 Å². The highest BCUT2D eigenvalue weighted by Gasteiger charge is 2.24. The van der Waals surface area contributed by atoms with Crippen molar-refractivity contribution >= 4 is 5.78 Å². The molecule has 15 heavy (non-hydrogen) atoms. The molecular weight excluding hydrogens is 192 g/mol. The summed E-state index contributed by atoms with van der Waals surface area (Å²) in [6.07, 6.45) is 0.580. The Morgan fingerprint density at radius 3 is 2.20 bits per heavy atom. The third-order valence-corrected chi connectivity index (χ3v) is 2.17. The largest absolute Gasteiger partial charge is 0.396 e. The highest BCUT2D eigenvalue weighted by Crippen LogP contribution is 2.13. The summed E-state index contributed by atoms with van der Waals surface area (Å²) in [6.45, 7) is 3.03. The number of aliphatic hydroxyl groups excluding tert-OH is 1. The van der Waals surface area contributed by atoms with Crippen LogP contribution >= 0.6 is 0 Å². The smallest absolute Gasteiger partial charge is 0.193 e. The Balaban J connectivity index is 2.85. The Morgan fingerprint density at radius 2 is 1.80 bits per heavy atom. The quantitative estimate of drug-likeness (QED) is 0.730. The molecule has 0 atom stereocenters. The first kappa shape index (κ1) is 11.9. The molecule has 0 saturated carbocycles. The molecule has 3 heteroatoms. The molecule has 0 spiro atoms. The molecule has 0 heterocycles. The van der Waals surface area contributed by atoms with Gasteiger partial charge < -0.3 is 10.2 Å². The highest BCUT2D eigenvalue weighted by atomic mass is 16.3. The predicted octanol–water partition coefficient (Wildman–Crippen LogP) is 1.17. The Bertz CT molecular complexity index is 333. The fourth-order valence-corrected chi connectivity index (χ4v) is 1.31. The second-order valence-electron chi connectivity index (χ2n) is 4.06. The topological polar surface area (TPSA) is 57.5 Å². The van der Waals surface area contributed by atoms with Crippen LogP contribution in [-0.2, 0) is 6.42 Å². The van der Waals surface area contributed by atoms with E-state index in [1.165, 1.54) is 13.8 Å². The van der Waals surface area contributed by atoms with Gasteiger partial charge in [-0.25, -0.2) is 0 Å². The van der Waals surface area contributed by atoms with Crippen LogP contribution in [0.5, 0.6) is 0 Å². The second kappa shape index (κ2) is 4.55. The SMILES string of the molecule is CC(C)(O)C(=O)c1ccc(CCO)cc1. The molecule has 0 radical (unpaired) electrons. The summed E-state index contributed by atoms with van der Waals surface area (Å²) in [5, 5.41) is 18.2. The lowest BCUT2D eigenvalue weighted by Gasteiger charge is -2.15. The number of rotatable bonds is 4. The molecule has 0 amide bonds. The average molecular weight is 208 g/mol. The van der Waals surface area contributed by atoms with Gasteiger partial charge in [-0.3, -0.25) is 4.79 Å². The zero-order valence-corrected chi connectivity index (χ0v) is 9.03. The van der Waals surface area contributed by atoms with Crippen molar-refractivity contribution in [1.29, 1.82) is 0 Å². The van der Waals surface area contributed by atoms with Gasteiger partial charge in [0.2, 0.25) is 0 Å². The van der Waals surface area contributed by atoms with Crippen molar-refractivity contribution in [3.05, 3.63) is 35.4 Å². The average Bonchev–Trinajstić information content (AvgIpc) is 2.17. The third-order valence-electron chi connectivity index (χ3n) is 2.17. The molecule has 82 valence electrons. The number of Topliss-reactive ketones (excluding diaryl/α,β-unsaturated/α-hetero) is 1. The number of aliphatic hydroxyl groups is 2. The number of carbonyl (C=O) groups is 1. The summed E-state index contributed by atoms with van der Waals surface area (Å²) >= 11 is 0. The number of ketones is 1. The van der Waals surface area contributed by atoms with Crippen LogP contribution in [0, 0.1) is 0 Å². The summed E-state index contributed by atoms with van der Waals surface area (Å²) in [7, 11) is 0. The van der Waals surface area contributed by atoms with E-state index in [-0.39, 0.29) is 12.4 Å². The van der Waals surface area contributed by atoms with Crippen LogP contribution in [0.25, 0.3) is 0 Å². The molecule has 0 fully saturated rings. The highest BCUT2D eigenvalue weighted by molar-refractivity contribution is 6.01. The summed E-state index contributed by atoms with van der Waals surface area (Å²) in [6, 6.07) is 6.92. The van der Waals surface area contributed by atoms with E-state index < -0.39 is 5.60 Å². The van der Waals surface area contributed by atoms with E-state index >= 15 is 0 Å². The third kappa shape index (κ3) is 3.15. The van der Waals surface area contributed by atoms with Crippen molar-refractivity contribution in [1.82, 2.24) is 0 Å². The maximum atomic E-state index is 11.6. The van der Waals surface area contributed by atoms with Crippen LogP contribution < -0.4 is 0 Å². The number of benzene rings is 1. The monoisotopic (exact) mass is 208 g/mol. The molecule has 0 unspecified atom stereocenters. The molecule has 2 N–H and O–H groups in total. The van der Waals surface area contributed by atoms with Crippen LogP contribution in [0.4, 0.5) is 0 Å². The van der Waals surface area contributed by atoms with Crippen LogP contribution in [-0.4, -0.2) is 28.2 Å². The minimum atomic E-state index is -1.33. The van der Waals surface area contributed by atoms with E-state index in [0.29, 0.717) is 12.0 Å². The van der Waals surface area contributed by atoms with Gasteiger partial charge in [0.25, 0.3) is 0 Å². The fourth-order valence-electron chi connectivity index (χ4n) is 1.31. The zero-order chi connectivity index (χ0) is 11.5. The van der Waals surface area contributed by atoms with Crippen molar-refractivity contribution in [2.45, 2.75) is 25.9 Å². The van der Waals surface area contributed by atoms with Crippen molar-refractivity contribution in [2.24, 2.45) is 0 Å². The van der Waals surface area contributed by atoms with Crippen molar-refractivity contribution in [2.75, 3.05) is 6.61 Å². The first-order chi connectivity index (χ1) is 6.95. The minimum Gasteiger partial charge on any atom is -0.396 e. The normalized spacial score (nSPS) is 11.5. The molecule has 1 aromatic carbocycles. The molecular formula is C12H16O3. The van der Waals surface area contributed by atoms with E-state index in [4.69, 9.17) is 5.11 Å². The lowest BCUT2D eigenvalue weighted by Crippen LogP contribution is -2.31. The maximum absolute atomic E-state index is 11.6. The van der Waals surface area contributed by atoms with Gasteiger partial charge in [0.1, 0.15) is 5.60 Å². The first-order valence-corrected chi connectivity index (χ1v) is 4.92. The molecule has 0 aliphatic carbocycles. The van der Waals surface area contributed by atoms with E-state index in [0.717, 1.165) is 5.56 Å². The van der Waals surface area contributed by atoms with Gasteiger partial charge in [0.15, 0.2) is 5.78 Å². The van der Waals surface area contributed by atoms with Crippen molar-refractivity contribution < 1.29 is 15.0 Å². The van der Waals surface area contributed by atoms with Gasteiger partial charge in [-0.2, -0.15) is 0 Å². The fraction of sp³-hybridized carbons (Fsp3) is 0.417. The summed E-state index contributed by atoms with van der Waals surface area (Å²) in [5.41, 5.74) is 0.132. The molecule has 1 rings (SSSR count). The molecule has 1 aromatic rings. The van der Waals surface area contributed by atoms with E-state index in [1.54, 1.807) is 24.3 Å². The van der Waals surface area contributed by atoms with Gasteiger partial charge >= 0.3 is 0 Å². The van der Waals surface area contributed by atoms with E-state index in [1.807, 2.05) is 0 Å². The number of hydrogen-bond acceptors (Lipinski definition) is 3. The van der Waals surface area contributed by atoms with Crippen molar-refractivity contribution in [3.63, 3.8) is 0 Å². The van der Waals surface area contributed by atoms with Gasteiger partial charge in [0.05, 0.1) is 0 Å². The molecule has 0 aromatic heterocycles. The molecule has 0 aliphatic heterocycles. The van der Waals surface area contributed by atoms with Crippen molar-refractivity contribution in [3.8, 4) is 0 Å². The van der Waals surface area contributed by atoms with Crippen LogP contribution in [0.1, 0.15) is 29.8 Å². The lowest BCUT2D eigenvalue weighted by atomic mass is 9.96. The molecule has 0 aliphatic rings. The number of hydrogen-bond donors (Lipinski definition) is 2. The summed E-state index contributed by atoms with van der Waals surface area (Å²) in [4.78, 5) is 11.6. The predicted molar refractivity (Wildman–Crippen MR) is 57.9 cm³/mol. The van der Waals surface area contributed by atoms with E-state index in [9.17, 15) is 9.90 Å². The number of carbonyl (C=O) groups excluding carboxylic acids is 1. The minimum absolute atomic E-state index is 0.0960. The second-order valence-corrected chi connectivity index (χ2v) is 4.06. The molecule has 0 saturated heterocycles. The first-order valence-electron chi connectivity index (χ1n) is 4.92. The maximum Gasteiger partial charge on any atom is 0.193 e. The Morgan fingerprint density at radius 1 is 1.27 bits per heavy atom. The Labute approximate surface area is 89.4 Å². The molecule has 0 bridgehead atoms.